The summed E-state index contributed by atoms with van der Waals surface area (Å²) in [4.78, 5) is 30.5. The van der Waals surface area contributed by atoms with Crippen LogP contribution in [0.1, 0.15) is 18.5 Å². The number of halogens is 1. The van der Waals surface area contributed by atoms with Crippen molar-refractivity contribution in [3.05, 3.63) is 35.6 Å². The zero-order chi connectivity index (χ0) is 19.2. The Bertz CT molecular complexity index is 641. The predicted octanol–water partition coefficient (Wildman–Crippen LogP) is 1.07. The molecule has 2 heterocycles. The van der Waals surface area contributed by atoms with Crippen LogP contribution >= 0.6 is 0 Å². The fourth-order valence-corrected chi connectivity index (χ4v) is 3.38. The first-order valence-electron chi connectivity index (χ1n) is 9.42. The van der Waals surface area contributed by atoms with Gasteiger partial charge in [-0.1, -0.05) is 12.1 Å². The Morgan fingerprint density at radius 1 is 1.04 bits per heavy atom. The highest BCUT2D eigenvalue weighted by Crippen LogP contribution is 2.13. The van der Waals surface area contributed by atoms with Gasteiger partial charge >= 0.3 is 6.03 Å². The molecule has 2 aliphatic heterocycles. The van der Waals surface area contributed by atoms with Crippen molar-refractivity contribution in [2.45, 2.75) is 13.0 Å². The van der Waals surface area contributed by atoms with E-state index in [2.05, 4.69) is 10.2 Å². The largest absolute Gasteiger partial charge is 0.378 e. The highest BCUT2D eigenvalue weighted by Gasteiger charge is 2.27. The lowest BCUT2D eigenvalue weighted by molar-refractivity contribution is -0.123. The molecule has 0 aromatic heterocycles. The first-order valence-corrected chi connectivity index (χ1v) is 9.42. The van der Waals surface area contributed by atoms with Crippen molar-refractivity contribution < 1.29 is 18.7 Å². The van der Waals surface area contributed by atoms with Gasteiger partial charge in [0.25, 0.3) is 0 Å². The highest BCUT2D eigenvalue weighted by atomic mass is 19.1. The lowest BCUT2D eigenvalue weighted by Gasteiger charge is -2.38. The minimum Gasteiger partial charge on any atom is -0.378 e. The van der Waals surface area contributed by atoms with Gasteiger partial charge in [0.15, 0.2) is 0 Å². The minimum absolute atomic E-state index is 0.0623. The van der Waals surface area contributed by atoms with E-state index in [4.69, 9.17) is 4.74 Å². The molecular formula is C19H27FN4O3. The van der Waals surface area contributed by atoms with E-state index in [0.29, 0.717) is 59.0 Å². The number of ether oxygens (including phenoxy) is 1. The van der Waals surface area contributed by atoms with Crippen molar-refractivity contribution in [3.8, 4) is 0 Å². The van der Waals surface area contributed by atoms with Crippen LogP contribution in [0.15, 0.2) is 24.3 Å². The third kappa shape index (κ3) is 5.40. The van der Waals surface area contributed by atoms with Gasteiger partial charge in [0.1, 0.15) is 5.82 Å². The molecule has 1 unspecified atom stereocenters. The second kappa shape index (κ2) is 9.14. The summed E-state index contributed by atoms with van der Waals surface area (Å²) in [6.07, 6.45) is 0. The normalized spacial score (nSPS) is 19.6. The lowest BCUT2D eigenvalue weighted by Crippen LogP contribution is -2.55. The number of nitrogens with one attached hydrogen (secondary N) is 1. The van der Waals surface area contributed by atoms with Gasteiger partial charge in [0.2, 0.25) is 5.91 Å². The van der Waals surface area contributed by atoms with Gasteiger partial charge in [-0.25, -0.2) is 9.18 Å². The number of benzene rings is 1. The Balaban J connectivity index is 1.41. The van der Waals surface area contributed by atoms with E-state index in [1.54, 1.807) is 12.1 Å². The number of amides is 3. The standard InChI is InChI=1S/C19H27FN4O3/c1-15(16-2-4-17(20)5-3-16)21-18(25)14-22-6-8-23(9-7-22)19(26)24-10-12-27-13-11-24/h2-5,15H,6-14H2,1H3,(H,21,25). The number of hydrogen-bond acceptors (Lipinski definition) is 4. The quantitative estimate of drug-likeness (QED) is 0.851. The van der Waals surface area contributed by atoms with E-state index < -0.39 is 0 Å². The van der Waals surface area contributed by atoms with Gasteiger partial charge in [0, 0.05) is 39.3 Å². The van der Waals surface area contributed by atoms with Crippen molar-refractivity contribution in [3.63, 3.8) is 0 Å². The third-order valence-corrected chi connectivity index (χ3v) is 5.04. The minimum atomic E-state index is -0.290. The molecule has 3 rings (SSSR count). The first-order chi connectivity index (χ1) is 13.0. The molecule has 1 aromatic carbocycles. The van der Waals surface area contributed by atoms with Gasteiger partial charge in [-0.05, 0) is 24.6 Å². The molecule has 27 heavy (non-hydrogen) atoms. The van der Waals surface area contributed by atoms with Crippen LogP contribution in [0.5, 0.6) is 0 Å². The number of nitrogens with zero attached hydrogens (tertiary/aromatic N) is 3. The van der Waals surface area contributed by atoms with E-state index >= 15 is 0 Å². The third-order valence-electron chi connectivity index (χ3n) is 5.04. The van der Waals surface area contributed by atoms with Crippen LogP contribution < -0.4 is 5.32 Å². The van der Waals surface area contributed by atoms with Crippen molar-refractivity contribution >= 4 is 11.9 Å². The van der Waals surface area contributed by atoms with Crippen LogP contribution in [-0.2, 0) is 9.53 Å². The summed E-state index contributed by atoms with van der Waals surface area (Å²) >= 11 is 0. The summed E-state index contributed by atoms with van der Waals surface area (Å²) in [7, 11) is 0. The Hall–Kier alpha value is -2.19. The monoisotopic (exact) mass is 378 g/mol. The molecule has 0 aliphatic carbocycles. The van der Waals surface area contributed by atoms with Gasteiger partial charge < -0.3 is 19.9 Å². The molecule has 0 spiro atoms. The first kappa shape index (κ1) is 19.6. The summed E-state index contributed by atoms with van der Waals surface area (Å²) in [5, 5.41) is 2.94. The number of rotatable bonds is 4. The van der Waals surface area contributed by atoms with Crippen molar-refractivity contribution in [1.29, 1.82) is 0 Å². The molecule has 3 amide bonds. The number of piperazine rings is 1. The summed E-state index contributed by atoms with van der Waals surface area (Å²) in [5.74, 6) is -0.360. The zero-order valence-electron chi connectivity index (χ0n) is 15.7. The Labute approximate surface area is 159 Å². The maximum absolute atomic E-state index is 13.0. The van der Waals surface area contributed by atoms with Crippen LogP contribution in [0.25, 0.3) is 0 Å². The van der Waals surface area contributed by atoms with Crippen LogP contribution in [0.4, 0.5) is 9.18 Å². The summed E-state index contributed by atoms with van der Waals surface area (Å²) < 4.78 is 18.3. The van der Waals surface area contributed by atoms with Crippen LogP contribution in [-0.4, -0.2) is 85.7 Å². The Kier molecular flexibility index (Phi) is 6.63. The zero-order valence-corrected chi connectivity index (χ0v) is 15.7. The van der Waals surface area contributed by atoms with E-state index in [9.17, 15) is 14.0 Å². The average molecular weight is 378 g/mol. The number of urea groups is 1. The molecule has 1 N–H and O–H groups in total. The second-order valence-corrected chi connectivity index (χ2v) is 6.99. The topological polar surface area (TPSA) is 65.1 Å². The van der Waals surface area contributed by atoms with Crippen molar-refractivity contribution in [2.75, 3.05) is 59.0 Å². The van der Waals surface area contributed by atoms with Crippen molar-refractivity contribution in [2.24, 2.45) is 0 Å². The molecule has 2 saturated heterocycles. The number of morpholine rings is 1. The Morgan fingerprint density at radius 3 is 2.26 bits per heavy atom. The molecule has 2 aliphatic rings. The van der Waals surface area contributed by atoms with Crippen LogP contribution in [0.2, 0.25) is 0 Å². The Morgan fingerprint density at radius 2 is 1.63 bits per heavy atom. The summed E-state index contributed by atoms with van der Waals surface area (Å²) in [6, 6.07) is 6.02. The van der Waals surface area contributed by atoms with E-state index in [1.807, 2.05) is 16.7 Å². The summed E-state index contributed by atoms with van der Waals surface area (Å²) in [6.45, 7) is 7.24. The van der Waals surface area contributed by atoms with Gasteiger partial charge in [-0.2, -0.15) is 0 Å². The maximum atomic E-state index is 13.0. The molecule has 1 atom stereocenters. The molecule has 7 nitrogen and oxygen atoms in total. The number of carbonyl (C=O) groups is 2. The number of carbonyl (C=O) groups excluding carboxylic acids is 2. The smallest absolute Gasteiger partial charge is 0.320 e. The van der Waals surface area contributed by atoms with Crippen LogP contribution in [0, 0.1) is 5.82 Å². The van der Waals surface area contributed by atoms with Crippen molar-refractivity contribution in [1.82, 2.24) is 20.0 Å². The molecular weight excluding hydrogens is 351 g/mol. The predicted molar refractivity (Wildman–Crippen MR) is 98.8 cm³/mol. The molecule has 0 radical (unpaired) electrons. The molecule has 148 valence electrons. The van der Waals surface area contributed by atoms with E-state index in [0.717, 1.165) is 5.56 Å². The SMILES string of the molecule is CC(NC(=O)CN1CCN(C(=O)N2CCOCC2)CC1)c1ccc(F)cc1. The van der Waals surface area contributed by atoms with Gasteiger partial charge in [-0.15, -0.1) is 0 Å². The molecule has 2 fully saturated rings. The van der Waals surface area contributed by atoms with Crippen LogP contribution in [0.3, 0.4) is 0 Å². The molecule has 1 aromatic rings. The highest BCUT2D eigenvalue weighted by molar-refractivity contribution is 5.78. The lowest BCUT2D eigenvalue weighted by atomic mass is 10.1. The number of hydrogen-bond donors (Lipinski definition) is 1. The fourth-order valence-electron chi connectivity index (χ4n) is 3.38. The molecule has 8 heteroatoms. The molecule has 0 bridgehead atoms. The van der Waals surface area contributed by atoms with Gasteiger partial charge in [-0.3, -0.25) is 9.69 Å². The fraction of sp³-hybridized carbons (Fsp3) is 0.579. The van der Waals surface area contributed by atoms with E-state index in [1.165, 1.54) is 12.1 Å². The van der Waals surface area contributed by atoms with Gasteiger partial charge in [0.05, 0.1) is 25.8 Å². The summed E-state index contributed by atoms with van der Waals surface area (Å²) in [5.41, 5.74) is 0.866. The average Bonchev–Trinajstić information content (AvgIpc) is 2.69. The molecule has 0 saturated carbocycles. The second-order valence-electron chi connectivity index (χ2n) is 6.99. The van der Waals surface area contributed by atoms with E-state index in [-0.39, 0.29) is 23.8 Å². The maximum Gasteiger partial charge on any atom is 0.320 e.